The number of benzene rings is 1. The maximum Gasteiger partial charge on any atom is 0.256 e. The van der Waals surface area contributed by atoms with Gasteiger partial charge in [-0.2, -0.15) is 0 Å². The molecule has 5 nitrogen and oxygen atoms in total. The van der Waals surface area contributed by atoms with E-state index in [4.69, 9.17) is 4.74 Å². The Balaban J connectivity index is 2.14. The first-order valence-corrected chi connectivity index (χ1v) is 6.98. The summed E-state index contributed by atoms with van der Waals surface area (Å²) in [6.45, 7) is 4.27. The highest BCUT2D eigenvalue weighted by molar-refractivity contribution is 6.03. The Bertz CT molecular complexity index is 482. The minimum atomic E-state index is -0.0604. The van der Waals surface area contributed by atoms with Crippen molar-refractivity contribution in [1.82, 2.24) is 4.90 Å². The minimum Gasteiger partial charge on any atom is -0.378 e. The molecule has 0 atom stereocenters. The van der Waals surface area contributed by atoms with E-state index in [-0.39, 0.29) is 11.8 Å². The fourth-order valence-electron chi connectivity index (χ4n) is 2.16. The summed E-state index contributed by atoms with van der Waals surface area (Å²) in [7, 11) is 0. The normalized spacial score (nSPS) is 14.9. The average molecular weight is 276 g/mol. The van der Waals surface area contributed by atoms with Gasteiger partial charge in [0.25, 0.3) is 5.91 Å². The lowest BCUT2D eigenvalue weighted by Gasteiger charge is -2.27. The SMILES string of the molecule is CCCC(=O)Nc1ccccc1C(=O)N1CCOCC1. The molecule has 1 saturated heterocycles. The summed E-state index contributed by atoms with van der Waals surface area (Å²) in [6.07, 6.45) is 1.24. The van der Waals surface area contributed by atoms with E-state index in [9.17, 15) is 9.59 Å². The van der Waals surface area contributed by atoms with Gasteiger partial charge in [0.05, 0.1) is 24.5 Å². The van der Waals surface area contributed by atoms with E-state index in [0.29, 0.717) is 44.0 Å². The Morgan fingerprint density at radius 2 is 1.95 bits per heavy atom. The first kappa shape index (κ1) is 14.5. The van der Waals surface area contributed by atoms with Crippen LogP contribution in [0.1, 0.15) is 30.1 Å². The Kier molecular flexibility index (Phi) is 5.12. The lowest BCUT2D eigenvalue weighted by atomic mass is 10.1. The quantitative estimate of drug-likeness (QED) is 0.913. The monoisotopic (exact) mass is 276 g/mol. The van der Waals surface area contributed by atoms with Gasteiger partial charge in [0, 0.05) is 19.5 Å². The van der Waals surface area contributed by atoms with Crippen molar-refractivity contribution in [3.8, 4) is 0 Å². The number of nitrogens with zero attached hydrogens (tertiary/aromatic N) is 1. The van der Waals surface area contributed by atoms with Gasteiger partial charge in [-0.15, -0.1) is 0 Å². The number of rotatable bonds is 4. The number of morpholine rings is 1. The van der Waals surface area contributed by atoms with E-state index in [1.54, 1.807) is 17.0 Å². The molecule has 2 amide bonds. The largest absolute Gasteiger partial charge is 0.378 e. The van der Waals surface area contributed by atoms with E-state index in [2.05, 4.69) is 5.32 Å². The molecule has 5 heteroatoms. The molecule has 1 fully saturated rings. The number of hydrogen-bond donors (Lipinski definition) is 1. The second-order valence-electron chi connectivity index (χ2n) is 4.75. The highest BCUT2D eigenvalue weighted by Crippen LogP contribution is 2.18. The third-order valence-electron chi connectivity index (χ3n) is 3.21. The van der Waals surface area contributed by atoms with Crippen LogP contribution < -0.4 is 5.32 Å². The zero-order valence-electron chi connectivity index (χ0n) is 11.7. The van der Waals surface area contributed by atoms with Crippen LogP contribution in [0.5, 0.6) is 0 Å². The van der Waals surface area contributed by atoms with Gasteiger partial charge in [-0.05, 0) is 18.6 Å². The average Bonchev–Trinajstić information content (AvgIpc) is 2.48. The van der Waals surface area contributed by atoms with Gasteiger partial charge < -0.3 is 15.0 Å². The van der Waals surface area contributed by atoms with Gasteiger partial charge >= 0.3 is 0 Å². The topological polar surface area (TPSA) is 58.6 Å². The van der Waals surface area contributed by atoms with E-state index < -0.39 is 0 Å². The van der Waals surface area contributed by atoms with Crippen LogP contribution in [0.25, 0.3) is 0 Å². The van der Waals surface area contributed by atoms with Crippen LogP contribution in [-0.4, -0.2) is 43.0 Å². The molecule has 108 valence electrons. The fraction of sp³-hybridized carbons (Fsp3) is 0.467. The van der Waals surface area contributed by atoms with Gasteiger partial charge in [0.15, 0.2) is 0 Å². The highest BCUT2D eigenvalue weighted by atomic mass is 16.5. The Hall–Kier alpha value is -1.88. The Morgan fingerprint density at radius 3 is 2.65 bits per heavy atom. The molecular formula is C15H20N2O3. The maximum atomic E-state index is 12.5. The van der Waals surface area contributed by atoms with Crippen LogP contribution in [0.2, 0.25) is 0 Å². The standard InChI is InChI=1S/C15H20N2O3/c1-2-5-14(18)16-13-7-4-3-6-12(13)15(19)17-8-10-20-11-9-17/h3-4,6-7H,2,5,8-11H2,1H3,(H,16,18). The number of nitrogens with one attached hydrogen (secondary N) is 1. The van der Waals surface area contributed by atoms with Crippen molar-refractivity contribution in [3.05, 3.63) is 29.8 Å². The second-order valence-corrected chi connectivity index (χ2v) is 4.75. The number of amides is 2. The predicted molar refractivity (Wildman–Crippen MR) is 76.7 cm³/mol. The number of carbonyl (C=O) groups excluding carboxylic acids is 2. The van der Waals surface area contributed by atoms with Crippen molar-refractivity contribution in [2.24, 2.45) is 0 Å². The molecule has 1 aromatic carbocycles. The molecule has 0 radical (unpaired) electrons. The van der Waals surface area contributed by atoms with Crippen molar-refractivity contribution in [1.29, 1.82) is 0 Å². The third kappa shape index (κ3) is 3.57. The van der Waals surface area contributed by atoms with E-state index in [0.717, 1.165) is 6.42 Å². The van der Waals surface area contributed by atoms with Crippen molar-refractivity contribution in [2.45, 2.75) is 19.8 Å². The molecule has 1 N–H and O–H groups in total. The molecule has 20 heavy (non-hydrogen) atoms. The van der Waals surface area contributed by atoms with Gasteiger partial charge in [-0.3, -0.25) is 9.59 Å². The molecule has 0 saturated carbocycles. The molecule has 0 bridgehead atoms. The summed E-state index contributed by atoms with van der Waals surface area (Å²) in [6, 6.07) is 7.14. The van der Waals surface area contributed by atoms with E-state index in [1.807, 2.05) is 19.1 Å². The predicted octanol–water partition coefficient (Wildman–Crippen LogP) is 1.90. The van der Waals surface area contributed by atoms with Gasteiger partial charge in [0.2, 0.25) is 5.91 Å². The number of hydrogen-bond acceptors (Lipinski definition) is 3. The maximum absolute atomic E-state index is 12.5. The minimum absolute atomic E-state index is 0.0549. The zero-order valence-corrected chi connectivity index (χ0v) is 11.7. The molecule has 0 aliphatic carbocycles. The summed E-state index contributed by atoms with van der Waals surface area (Å²) in [5.41, 5.74) is 1.13. The Labute approximate surface area is 118 Å². The van der Waals surface area contributed by atoms with Crippen LogP contribution in [0.4, 0.5) is 5.69 Å². The lowest BCUT2D eigenvalue weighted by Crippen LogP contribution is -2.41. The number of anilines is 1. The van der Waals surface area contributed by atoms with Crippen molar-refractivity contribution in [3.63, 3.8) is 0 Å². The molecule has 1 aliphatic heterocycles. The van der Waals surface area contributed by atoms with Gasteiger partial charge in [0.1, 0.15) is 0 Å². The summed E-state index contributed by atoms with van der Waals surface area (Å²) in [4.78, 5) is 25.9. The number of para-hydroxylation sites is 1. The van der Waals surface area contributed by atoms with Crippen LogP contribution in [0, 0.1) is 0 Å². The second kappa shape index (κ2) is 7.05. The summed E-state index contributed by atoms with van der Waals surface area (Å²) in [5, 5.41) is 2.81. The molecule has 1 aliphatic rings. The van der Waals surface area contributed by atoms with Crippen LogP contribution in [-0.2, 0) is 9.53 Å². The van der Waals surface area contributed by atoms with Gasteiger partial charge in [-0.1, -0.05) is 19.1 Å². The molecule has 0 spiro atoms. The Morgan fingerprint density at radius 1 is 1.25 bits per heavy atom. The van der Waals surface area contributed by atoms with Gasteiger partial charge in [-0.25, -0.2) is 0 Å². The molecule has 1 heterocycles. The zero-order chi connectivity index (χ0) is 14.4. The highest BCUT2D eigenvalue weighted by Gasteiger charge is 2.21. The fourth-order valence-corrected chi connectivity index (χ4v) is 2.16. The summed E-state index contributed by atoms with van der Waals surface area (Å²) < 4.78 is 5.25. The van der Waals surface area contributed by atoms with Crippen molar-refractivity contribution in [2.75, 3.05) is 31.6 Å². The van der Waals surface area contributed by atoms with E-state index >= 15 is 0 Å². The van der Waals surface area contributed by atoms with Crippen LogP contribution in [0.15, 0.2) is 24.3 Å². The van der Waals surface area contributed by atoms with Crippen molar-refractivity contribution < 1.29 is 14.3 Å². The summed E-state index contributed by atoms with van der Waals surface area (Å²) in [5.74, 6) is -0.115. The third-order valence-corrected chi connectivity index (χ3v) is 3.21. The lowest BCUT2D eigenvalue weighted by molar-refractivity contribution is -0.116. The molecular weight excluding hydrogens is 256 g/mol. The number of ether oxygens (including phenoxy) is 1. The van der Waals surface area contributed by atoms with Crippen molar-refractivity contribution >= 4 is 17.5 Å². The smallest absolute Gasteiger partial charge is 0.256 e. The summed E-state index contributed by atoms with van der Waals surface area (Å²) >= 11 is 0. The van der Waals surface area contributed by atoms with E-state index in [1.165, 1.54) is 0 Å². The molecule has 0 unspecified atom stereocenters. The molecule has 2 rings (SSSR count). The van der Waals surface area contributed by atoms with Crippen LogP contribution >= 0.6 is 0 Å². The van der Waals surface area contributed by atoms with Crippen LogP contribution in [0.3, 0.4) is 0 Å². The first-order chi connectivity index (χ1) is 9.72. The molecule has 0 aromatic heterocycles. The molecule has 1 aromatic rings. The number of carbonyl (C=O) groups is 2. The first-order valence-electron chi connectivity index (χ1n) is 6.98.